The molecule has 0 spiro atoms. The van der Waals surface area contributed by atoms with Crippen LogP contribution in [0.3, 0.4) is 0 Å². The van der Waals surface area contributed by atoms with Gasteiger partial charge >= 0.3 is 0 Å². The van der Waals surface area contributed by atoms with E-state index in [0.717, 1.165) is 11.3 Å². The zero-order chi connectivity index (χ0) is 12.0. The molecule has 1 aromatic rings. The Morgan fingerprint density at radius 3 is 2.88 bits per heavy atom. The molecule has 0 aliphatic rings. The van der Waals surface area contributed by atoms with E-state index in [1.165, 1.54) is 17.6 Å². The van der Waals surface area contributed by atoms with Crippen molar-refractivity contribution in [1.82, 2.24) is 0 Å². The summed E-state index contributed by atoms with van der Waals surface area (Å²) < 4.78 is 0. The number of hydrogen-bond donors (Lipinski definition) is 0. The van der Waals surface area contributed by atoms with Crippen LogP contribution in [0.15, 0.2) is 28.3 Å². The summed E-state index contributed by atoms with van der Waals surface area (Å²) in [6.07, 6.45) is 0. The molecule has 0 aliphatic carbocycles. The Hall–Kier alpha value is -1.47. The molecule has 0 aromatic heterocycles. The van der Waals surface area contributed by atoms with Crippen LogP contribution in [-0.2, 0) is 4.84 Å². The van der Waals surface area contributed by atoms with Crippen molar-refractivity contribution >= 4 is 17.5 Å². The number of aryl methyl sites for hydroxylation is 1. The first-order valence-corrected chi connectivity index (χ1v) is 5.96. The molecule has 0 saturated heterocycles. The quantitative estimate of drug-likeness (QED) is 0.457. The van der Waals surface area contributed by atoms with Gasteiger partial charge in [-0.3, -0.25) is 0 Å². The average Bonchev–Trinajstić information content (AvgIpc) is 2.29. The number of benzene rings is 1. The summed E-state index contributed by atoms with van der Waals surface area (Å²) in [5.41, 5.74) is 2.32. The monoisotopic (exact) mass is 234 g/mol. The van der Waals surface area contributed by atoms with Gasteiger partial charge in [0.05, 0.1) is 0 Å². The first kappa shape index (κ1) is 12.6. The maximum Gasteiger partial charge on any atom is 0.186 e. The predicted molar refractivity (Wildman–Crippen MR) is 66.7 cm³/mol. The van der Waals surface area contributed by atoms with Crippen molar-refractivity contribution in [2.75, 3.05) is 12.9 Å². The Bertz CT molecular complexity index is 435. The number of hydrogen-bond acceptors (Lipinski definition) is 4. The third-order valence-electron chi connectivity index (χ3n) is 2.05. The Kier molecular flexibility index (Phi) is 4.87. The molecular weight excluding hydrogens is 220 g/mol. The topological polar surface area (TPSA) is 45.4 Å². The molecule has 84 valence electrons. The molecule has 0 radical (unpaired) electrons. The molecule has 4 heteroatoms. The van der Waals surface area contributed by atoms with Gasteiger partial charge < -0.3 is 4.84 Å². The van der Waals surface area contributed by atoms with Crippen LogP contribution in [0.25, 0.3) is 0 Å². The molecule has 1 aromatic carbocycles. The molecule has 0 atom stereocenters. The van der Waals surface area contributed by atoms with Crippen molar-refractivity contribution < 1.29 is 4.84 Å². The molecule has 16 heavy (non-hydrogen) atoms. The van der Waals surface area contributed by atoms with Crippen molar-refractivity contribution in [2.45, 2.75) is 18.7 Å². The largest absolute Gasteiger partial charge is 0.398 e. The Morgan fingerprint density at radius 2 is 2.31 bits per heavy atom. The lowest BCUT2D eigenvalue weighted by Crippen LogP contribution is -1.98. The molecule has 0 fully saturated rings. The van der Waals surface area contributed by atoms with Crippen molar-refractivity contribution in [3.63, 3.8) is 0 Å². The first-order chi connectivity index (χ1) is 7.72. The highest BCUT2D eigenvalue weighted by molar-refractivity contribution is 7.99. The van der Waals surface area contributed by atoms with Crippen LogP contribution in [0.5, 0.6) is 0 Å². The van der Waals surface area contributed by atoms with Crippen LogP contribution in [0, 0.1) is 18.3 Å². The van der Waals surface area contributed by atoms with Crippen LogP contribution < -0.4 is 0 Å². The van der Waals surface area contributed by atoms with Crippen molar-refractivity contribution in [3.8, 4) is 6.07 Å². The van der Waals surface area contributed by atoms with E-state index in [2.05, 4.69) is 23.8 Å². The van der Waals surface area contributed by atoms with E-state index >= 15 is 0 Å². The smallest absolute Gasteiger partial charge is 0.186 e. The van der Waals surface area contributed by atoms with E-state index in [4.69, 9.17) is 5.26 Å². The fourth-order valence-corrected chi connectivity index (χ4v) is 2.10. The van der Waals surface area contributed by atoms with Crippen LogP contribution in [0.4, 0.5) is 0 Å². The second-order valence-electron chi connectivity index (χ2n) is 3.15. The summed E-state index contributed by atoms with van der Waals surface area (Å²) in [5.74, 6) is 1.01. The number of oxime groups is 1. The molecule has 0 N–H and O–H groups in total. The molecule has 0 aliphatic heterocycles. The van der Waals surface area contributed by atoms with Gasteiger partial charge in [-0.25, -0.2) is 0 Å². The van der Waals surface area contributed by atoms with E-state index in [0.29, 0.717) is 5.71 Å². The molecule has 0 saturated carbocycles. The molecule has 3 nitrogen and oxygen atoms in total. The van der Waals surface area contributed by atoms with Gasteiger partial charge in [-0.05, 0) is 24.3 Å². The van der Waals surface area contributed by atoms with Gasteiger partial charge in [0.1, 0.15) is 13.2 Å². The highest BCUT2D eigenvalue weighted by Crippen LogP contribution is 2.23. The molecule has 1 rings (SSSR count). The highest BCUT2D eigenvalue weighted by atomic mass is 32.2. The van der Waals surface area contributed by atoms with Crippen molar-refractivity contribution in [3.05, 3.63) is 29.3 Å². The van der Waals surface area contributed by atoms with E-state index in [1.54, 1.807) is 11.8 Å². The van der Waals surface area contributed by atoms with Gasteiger partial charge in [-0.2, -0.15) is 5.26 Å². The average molecular weight is 234 g/mol. The standard InChI is InChI=1S/C12H14N2OS/c1-4-16-12-7-10(6-5-9(12)2)11(8-13)14-15-3/h5-7H,4H2,1-3H3/b14-11+. The number of rotatable bonds is 4. The second kappa shape index (κ2) is 6.19. The fraction of sp³-hybridized carbons (Fsp3) is 0.333. The summed E-state index contributed by atoms with van der Waals surface area (Å²) in [5, 5.41) is 12.6. The number of thioether (sulfide) groups is 1. The molecule has 0 unspecified atom stereocenters. The van der Waals surface area contributed by atoms with E-state index in [9.17, 15) is 0 Å². The van der Waals surface area contributed by atoms with Gasteiger partial charge in [0.2, 0.25) is 0 Å². The van der Waals surface area contributed by atoms with Gasteiger partial charge in [0.15, 0.2) is 5.71 Å². The highest BCUT2D eigenvalue weighted by Gasteiger charge is 2.06. The third-order valence-corrected chi connectivity index (χ3v) is 3.09. The van der Waals surface area contributed by atoms with Gasteiger partial charge in [-0.15, -0.1) is 11.8 Å². The Morgan fingerprint density at radius 1 is 1.56 bits per heavy atom. The summed E-state index contributed by atoms with van der Waals surface area (Å²) in [4.78, 5) is 5.82. The summed E-state index contributed by atoms with van der Waals surface area (Å²) >= 11 is 1.76. The minimum atomic E-state index is 0.306. The maximum absolute atomic E-state index is 8.93. The lowest BCUT2D eigenvalue weighted by molar-refractivity contribution is 0.214. The van der Waals surface area contributed by atoms with E-state index < -0.39 is 0 Å². The molecule has 0 amide bonds. The lowest BCUT2D eigenvalue weighted by atomic mass is 10.1. The Labute approximate surface area is 100 Å². The first-order valence-electron chi connectivity index (χ1n) is 4.98. The Balaban J connectivity index is 3.12. The minimum Gasteiger partial charge on any atom is -0.398 e. The summed E-state index contributed by atoms with van der Waals surface area (Å²) in [6, 6.07) is 7.88. The van der Waals surface area contributed by atoms with E-state index in [1.807, 2.05) is 24.3 Å². The normalized spacial score (nSPS) is 11.0. The minimum absolute atomic E-state index is 0.306. The van der Waals surface area contributed by atoms with Crippen LogP contribution >= 0.6 is 11.8 Å². The van der Waals surface area contributed by atoms with Gasteiger partial charge in [-0.1, -0.05) is 24.2 Å². The van der Waals surface area contributed by atoms with Gasteiger partial charge in [0, 0.05) is 10.5 Å². The predicted octanol–water partition coefficient (Wildman–Crippen LogP) is 2.98. The lowest BCUT2D eigenvalue weighted by Gasteiger charge is -2.05. The van der Waals surface area contributed by atoms with E-state index in [-0.39, 0.29) is 0 Å². The summed E-state index contributed by atoms with van der Waals surface area (Å²) in [6.45, 7) is 4.16. The second-order valence-corrected chi connectivity index (χ2v) is 4.45. The zero-order valence-corrected chi connectivity index (χ0v) is 10.5. The fourth-order valence-electron chi connectivity index (χ4n) is 1.29. The SMILES string of the molecule is CCSc1cc(/C(C#N)=N/OC)ccc1C. The maximum atomic E-state index is 8.93. The van der Waals surface area contributed by atoms with Crippen LogP contribution in [0.2, 0.25) is 0 Å². The number of nitriles is 1. The summed E-state index contributed by atoms with van der Waals surface area (Å²) in [7, 11) is 1.44. The zero-order valence-electron chi connectivity index (χ0n) is 9.65. The van der Waals surface area contributed by atoms with Crippen LogP contribution in [-0.4, -0.2) is 18.6 Å². The van der Waals surface area contributed by atoms with Gasteiger partial charge in [0.25, 0.3) is 0 Å². The van der Waals surface area contributed by atoms with Crippen molar-refractivity contribution in [1.29, 1.82) is 5.26 Å². The molecule has 0 heterocycles. The third kappa shape index (κ3) is 3.01. The number of nitrogens with zero attached hydrogens (tertiary/aromatic N) is 2. The molecular formula is C12H14N2OS. The van der Waals surface area contributed by atoms with Crippen LogP contribution in [0.1, 0.15) is 18.1 Å². The van der Waals surface area contributed by atoms with Crippen molar-refractivity contribution in [2.24, 2.45) is 5.16 Å². The molecule has 0 bridgehead atoms.